The van der Waals surface area contributed by atoms with E-state index >= 15 is 0 Å². The Kier molecular flexibility index (Phi) is 5.39. The highest BCUT2D eigenvalue weighted by Crippen LogP contribution is 2.34. The lowest BCUT2D eigenvalue weighted by molar-refractivity contribution is -0.384. The standard InChI is InChI=1S/C20H21N3O5/c1-13-9-14(2)12-21(11-13)18-8-5-16(10-19(18)23(27)28)20(24)15-3-6-17(7-4-15)22(25)26/h3-8,10,13-14H,9,11-12H2,1-2H3/t13-,14-/m0/s1. The number of piperidine rings is 1. The Labute approximate surface area is 162 Å². The molecule has 8 nitrogen and oxygen atoms in total. The second-order valence-corrected chi connectivity index (χ2v) is 7.44. The lowest BCUT2D eigenvalue weighted by atomic mass is 9.91. The van der Waals surface area contributed by atoms with Crippen LogP contribution in [0.5, 0.6) is 0 Å². The Balaban J connectivity index is 1.93. The van der Waals surface area contributed by atoms with E-state index in [9.17, 15) is 25.0 Å². The zero-order chi connectivity index (χ0) is 20.4. The summed E-state index contributed by atoms with van der Waals surface area (Å²) >= 11 is 0. The molecule has 3 rings (SSSR count). The normalized spacial score (nSPS) is 19.3. The van der Waals surface area contributed by atoms with Gasteiger partial charge in [-0.05, 0) is 42.5 Å². The van der Waals surface area contributed by atoms with Gasteiger partial charge in [-0.1, -0.05) is 13.8 Å². The molecule has 0 N–H and O–H groups in total. The largest absolute Gasteiger partial charge is 0.365 e. The van der Waals surface area contributed by atoms with Crippen LogP contribution in [0, 0.1) is 32.1 Å². The lowest BCUT2D eigenvalue weighted by Crippen LogP contribution is -2.39. The quantitative estimate of drug-likeness (QED) is 0.435. The molecule has 0 saturated carbocycles. The summed E-state index contributed by atoms with van der Waals surface area (Å²) < 4.78 is 0. The summed E-state index contributed by atoms with van der Waals surface area (Å²) in [6.45, 7) is 5.73. The Morgan fingerprint density at radius 1 is 0.929 bits per heavy atom. The highest BCUT2D eigenvalue weighted by atomic mass is 16.6. The highest BCUT2D eigenvalue weighted by molar-refractivity contribution is 6.09. The van der Waals surface area contributed by atoms with Crippen molar-refractivity contribution in [3.8, 4) is 0 Å². The van der Waals surface area contributed by atoms with Gasteiger partial charge in [0.2, 0.25) is 0 Å². The maximum Gasteiger partial charge on any atom is 0.293 e. The third kappa shape index (κ3) is 4.00. The van der Waals surface area contributed by atoms with Gasteiger partial charge in [0.15, 0.2) is 5.78 Å². The van der Waals surface area contributed by atoms with Crippen LogP contribution in [0.1, 0.15) is 36.2 Å². The molecule has 2 aromatic carbocycles. The highest BCUT2D eigenvalue weighted by Gasteiger charge is 2.28. The van der Waals surface area contributed by atoms with E-state index in [0.717, 1.165) is 19.5 Å². The molecule has 0 unspecified atom stereocenters. The molecule has 2 aromatic rings. The van der Waals surface area contributed by atoms with Crippen molar-refractivity contribution in [2.45, 2.75) is 20.3 Å². The van der Waals surface area contributed by atoms with Crippen molar-refractivity contribution in [3.05, 3.63) is 73.8 Å². The molecule has 1 saturated heterocycles. The summed E-state index contributed by atoms with van der Waals surface area (Å²) in [5.74, 6) is 0.458. The van der Waals surface area contributed by atoms with Gasteiger partial charge in [-0.25, -0.2) is 0 Å². The van der Waals surface area contributed by atoms with Gasteiger partial charge in [-0.3, -0.25) is 25.0 Å². The molecule has 1 aliphatic rings. The topological polar surface area (TPSA) is 107 Å². The molecule has 1 heterocycles. The van der Waals surface area contributed by atoms with Gasteiger partial charge in [0.05, 0.1) is 9.85 Å². The van der Waals surface area contributed by atoms with Crippen molar-refractivity contribution in [1.29, 1.82) is 0 Å². The minimum absolute atomic E-state index is 0.103. The monoisotopic (exact) mass is 383 g/mol. The van der Waals surface area contributed by atoms with Crippen LogP contribution in [0.15, 0.2) is 42.5 Å². The molecule has 1 aliphatic heterocycles. The fourth-order valence-electron chi connectivity index (χ4n) is 3.84. The SMILES string of the molecule is C[C@H]1C[C@H](C)CN(c2ccc(C(=O)c3ccc([N+](=O)[O-])cc3)cc2[N+](=O)[O-])C1. The second-order valence-electron chi connectivity index (χ2n) is 7.44. The van der Waals surface area contributed by atoms with Crippen LogP contribution in [0.2, 0.25) is 0 Å². The fraction of sp³-hybridized carbons (Fsp3) is 0.350. The molecule has 0 spiro atoms. The Hall–Kier alpha value is -3.29. The van der Waals surface area contributed by atoms with Crippen molar-refractivity contribution in [1.82, 2.24) is 0 Å². The minimum Gasteiger partial charge on any atom is -0.365 e. The number of rotatable bonds is 5. The molecule has 28 heavy (non-hydrogen) atoms. The molecule has 146 valence electrons. The van der Waals surface area contributed by atoms with E-state index in [4.69, 9.17) is 0 Å². The Morgan fingerprint density at radius 2 is 1.50 bits per heavy atom. The zero-order valence-corrected chi connectivity index (χ0v) is 15.7. The number of anilines is 1. The van der Waals surface area contributed by atoms with Crippen LogP contribution in [-0.2, 0) is 0 Å². The van der Waals surface area contributed by atoms with Gasteiger partial charge in [-0.2, -0.15) is 0 Å². The van der Waals surface area contributed by atoms with E-state index in [0.29, 0.717) is 17.5 Å². The smallest absolute Gasteiger partial charge is 0.293 e. The molecule has 2 atom stereocenters. The summed E-state index contributed by atoms with van der Waals surface area (Å²) in [5, 5.41) is 22.4. The van der Waals surface area contributed by atoms with Gasteiger partial charge in [0.25, 0.3) is 11.4 Å². The maximum absolute atomic E-state index is 12.7. The number of benzene rings is 2. The maximum atomic E-state index is 12.7. The molecule has 0 aromatic heterocycles. The molecule has 8 heteroatoms. The van der Waals surface area contributed by atoms with Crippen LogP contribution in [-0.4, -0.2) is 28.7 Å². The van der Waals surface area contributed by atoms with Crippen LogP contribution in [0.3, 0.4) is 0 Å². The third-order valence-corrected chi connectivity index (χ3v) is 4.98. The van der Waals surface area contributed by atoms with Crippen molar-refractivity contribution >= 4 is 22.8 Å². The lowest BCUT2D eigenvalue weighted by Gasteiger charge is -2.36. The Morgan fingerprint density at radius 3 is 2.04 bits per heavy atom. The van der Waals surface area contributed by atoms with Gasteiger partial charge in [0.1, 0.15) is 5.69 Å². The number of nitro groups is 2. The van der Waals surface area contributed by atoms with E-state index in [2.05, 4.69) is 13.8 Å². The molecule has 0 aliphatic carbocycles. The van der Waals surface area contributed by atoms with Crippen LogP contribution in [0.25, 0.3) is 0 Å². The molecule has 1 fully saturated rings. The summed E-state index contributed by atoms with van der Waals surface area (Å²) in [7, 11) is 0. The van der Waals surface area contributed by atoms with E-state index in [1.165, 1.54) is 30.3 Å². The first kappa shape index (κ1) is 19.5. The van der Waals surface area contributed by atoms with Crippen molar-refractivity contribution < 1.29 is 14.6 Å². The summed E-state index contributed by atoms with van der Waals surface area (Å²) in [6, 6.07) is 9.70. The molecular formula is C20H21N3O5. The number of non-ortho nitro benzene ring substituents is 1. The zero-order valence-electron chi connectivity index (χ0n) is 15.7. The molecule has 0 amide bonds. The van der Waals surface area contributed by atoms with Crippen LogP contribution in [0.4, 0.5) is 17.1 Å². The van der Waals surface area contributed by atoms with Gasteiger partial charge in [0, 0.05) is 42.4 Å². The van der Waals surface area contributed by atoms with E-state index in [1.54, 1.807) is 12.1 Å². The average Bonchev–Trinajstić information content (AvgIpc) is 2.66. The van der Waals surface area contributed by atoms with Crippen molar-refractivity contribution in [2.75, 3.05) is 18.0 Å². The van der Waals surface area contributed by atoms with Crippen molar-refractivity contribution in [3.63, 3.8) is 0 Å². The van der Waals surface area contributed by atoms with Gasteiger partial charge in [-0.15, -0.1) is 0 Å². The third-order valence-electron chi connectivity index (χ3n) is 4.98. The first-order chi connectivity index (χ1) is 13.3. The fourth-order valence-corrected chi connectivity index (χ4v) is 3.84. The number of nitro benzene ring substituents is 2. The van der Waals surface area contributed by atoms with Gasteiger partial charge < -0.3 is 4.90 Å². The summed E-state index contributed by atoms with van der Waals surface area (Å²) in [5.41, 5.74) is 0.721. The van der Waals surface area contributed by atoms with E-state index < -0.39 is 15.6 Å². The van der Waals surface area contributed by atoms with E-state index in [-0.39, 0.29) is 22.5 Å². The second kappa shape index (κ2) is 7.75. The van der Waals surface area contributed by atoms with E-state index in [1.807, 2.05) is 4.90 Å². The molecule has 0 radical (unpaired) electrons. The van der Waals surface area contributed by atoms with Crippen LogP contribution >= 0.6 is 0 Å². The predicted molar refractivity (Wildman–Crippen MR) is 105 cm³/mol. The van der Waals surface area contributed by atoms with Crippen LogP contribution < -0.4 is 4.90 Å². The number of ketones is 1. The summed E-state index contributed by atoms with van der Waals surface area (Å²) in [4.78, 5) is 36.1. The van der Waals surface area contributed by atoms with Gasteiger partial charge >= 0.3 is 0 Å². The minimum atomic E-state index is -0.547. The van der Waals surface area contributed by atoms with Crippen molar-refractivity contribution in [2.24, 2.45) is 11.8 Å². The number of nitrogens with zero attached hydrogens (tertiary/aromatic N) is 3. The number of hydrogen-bond donors (Lipinski definition) is 0. The molecular weight excluding hydrogens is 362 g/mol. The first-order valence-corrected chi connectivity index (χ1v) is 9.08. The number of carbonyl (C=O) groups excluding carboxylic acids is 1. The predicted octanol–water partition coefficient (Wildman–Crippen LogP) is 4.22. The first-order valence-electron chi connectivity index (χ1n) is 9.08. The summed E-state index contributed by atoms with van der Waals surface area (Å²) in [6.07, 6.45) is 1.08. The Bertz CT molecular complexity index is 916. The number of carbonyl (C=O) groups is 1. The molecule has 0 bridgehead atoms. The average molecular weight is 383 g/mol. The number of hydrogen-bond acceptors (Lipinski definition) is 6.